The second kappa shape index (κ2) is 6.03. The molecule has 0 aromatic heterocycles. The summed E-state index contributed by atoms with van der Waals surface area (Å²) in [5.41, 5.74) is 1.26. The van der Waals surface area contributed by atoms with Gasteiger partial charge in [0, 0.05) is 25.1 Å². The summed E-state index contributed by atoms with van der Waals surface area (Å²) in [7, 11) is 1.42. The van der Waals surface area contributed by atoms with Gasteiger partial charge in [0.25, 0.3) is 0 Å². The van der Waals surface area contributed by atoms with Gasteiger partial charge >= 0.3 is 5.97 Å². The molecule has 0 bridgehead atoms. The molecule has 18 heavy (non-hydrogen) atoms. The topological polar surface area (TPSA) is 46.6 Å². The van der Waals surface area contributed by atoms with Crippen LogP contribution < -0.4 is 0 Å². The van der Waals surface area contributed by atoms with E-state index in [9.17, 15) is 9.59 Å². The number of hydrogen-bond acceptors (Lipinski definition) is 3. The highest BCUT2D eigenvalue weighted by atomic mass is 16.5. The Labute approximate surface area is 108 Å². The first kappa shape index (κ1) is 13.1. The van der Waals surface area contributed by atoms with Crippen LogP contribution >= 0.6 is 0 Å². The fourth-order valence-electron chi connectivity index (χ4n) is 2.85. The van der Waals surface area contributed by atoms with Crippen LogP contribution in [-0.4, -0.2) is 36.5 Å². The number of carbonyl (C=O) groups is 2. The lowest BCUT2D eigenvalue weighted by atomic mass is 9.95. The first-order valence-electron chi connectivity index (χ1n) is 6.77. The Balaban J connectivity index is 1.75. The van der Waals surface area contributed by atoms with Crippen LogP contribution in [0.25, 0.3) is 0 Å². The Hall–Kier alpha value is -1.32. The van der Waals surface area contributed by atoms with Crippen LogP contribution in [-0.2, 0) is 14.3 Å². The summed E-state index contributed by atoms with van der Waals surface area (Å²) in [6, 6.07) is 0.443. The Morgan fingerprint density at radius 3 is 3.11 bits per heavy atom. The smallest absolute Gasteiger partial charge is 0.305 e. The zero-order chi connectivity index (χ0) is 13.0. The van der Waals surface area contributed by atoms with Crippen LogP contribution in [0.3, 0.4) is 0 Å². The van der Waals surface area contributed by atoms with Gasteiger partial charge in [0.2, 0.25) is 5.91 Å². The van der Waals surface area contributed by atoms with Crippen LogP contribution in [0.2, 0.25) is 0 Å². The summed E-state index contributed by atoms with van der Waals surface area (Å²) < 4.78 is 4.60. The highest BCUT2D eigenvalue weighted by molar-refractivity contribution is 5.89. The van der Waals surface area contributed by atoms with Crippen molar-refractivity contribution < 1.29 is 14.3 Å². The Kier molecular flexibility index (Phi) is 4.39. The maximum absolute atomic E-state index is 11.8. The molecule has 4 nitrogen and oxygen atoms in total. The zero-order valence-electron chi connectivity index (χ0n) is 11.0. The fraction of sp³-hybridized carbons (Fsp3) is 0.714. The second-order valence-corrected chi connectivity index (χ2v) is 5.12. The number of esters is 1. The van der Waals surface area contributed by atoms with Crippen LogP contribution in [0.4, 0.5) is 0 Å². The van der Waals surface area contributed by atoms with Gasteiger partial charge in [0.15, 0.2) is 0 Å². The Bertz CT molecular complexity index is 362. The van der Waals surface area contributed by atoms with Crippen molar-refractivity contribution in [2.45, 2.75) is 51.0 Å². The van der Waals surface area contributed by atoms with Crippen molar-refractivity contribution in [1.82, 2.24) is 4.90 Å². The van der Waals surface area contributed by atoms with Gasteiger partial charge in [-0.2, -0.15) is 0 Å². The normalized spacial score (nSPS) is 22.7. The molecular weight excluding hydrogens is 230 g/mol. The van der Waals surface area contributed by atoms with Gasteiger partial charge in [-0.05, 0) is 38.5 Å². The molecule has 0 radical (unpaired) electrons. The Morgan fingerprint density at radius 1 is 1.50 bits per heavy atom. The molecule has 0 spiro atoms. The van der Waals surface area contributed by atoms with Gasteiger partial charge in [0.1, 0.15) is 0 Å². The second-order valence-electron chi connectivity index (χ2n) is 5.12. The van der Waals surface area contributed by atoms with Crippen molar-refractivity contribution in [1.29, 1.82) is 0 Å². The van der Waals surface area contributed by atoms with E-state index < -0.39 is 0 Å². The van der Waals surface area contributed by atoms with E-state index in [-0.39, 0.29) is 11.9 Å². The van der Waals surface area contributed by atoms with Crippen molar-refractivity contribution in [3.8, 4) is 0 Å². The first-order chi connectivity index (χ1) is 8.70. The largest absolute Gasteiger partial charge is 0.469 e. The third-order valence-corrected chi connectivity index (χ3v) is 3.84. The predicted octanol–water partition coefficient (Wildman–Crippen LogP) is 2.04. The summed E-state index contributed by atoms with van der Waals surface area (Å²) in [5, 5.41) is 0. The van der Waals surface area contributed by atoms with Gasteiger partial charge in [-0.1, -0.05) is 5.57 Å². The third-order valence-electron chi connectivity index (χ3n) is 3.84. The molecule has 0 unspecified atom stereocenters. The number of amides is 1. The average Bonchev–Trinajstić information content (AvgIpc) is 2.83. The van der Waals surface area contributed by atoms with Crippen molar-refractivity contribution in [2.24, 2.45) is 0 Å². The van der Waals surface area contributed by atoms with Crippen molar-refractivity contribution >= 4 is 11.9 Å². The van der Waals surface area contributed by atoms with Crippen molar-refractivity contribution in [3.63, 3.8) is 0 Å². The van der Waals surface area contributed by atoms with E-state index in [4.69, 9.17) is 0 Å². The maximum Gasteiger partial charge on any atom is 0.305 e. The summed E-state index contributed by atoms with van der Waals surface area (Å²) in [5.74, 6) is 0.0392. The molecule has 1 atom stereocenters. The maximum atomic E-state index is 11.8. The SMILES string of the molecule is COC(=O)CCCCC1=CC(=O)N2CCC[C@H]2C1. The van der Waals surface area contributed by atoms with Crippen LogP contribution in [0.5, 0.6) is 0 Å². The number of nitrogens with zero attached hydrogens (tertiary/aromatic N) is 1. The number of rotatable bonds is 5. The van der Waals surface area contributed by atoms with E-state index in [0.717, 1.165) is 45.1 Å². The standard InChI is InChI=1S/C14H21NO3/c1-18-14(17)7-3-2-5-11-9-12-6-4-8-15(12)13(16)10-11/h10,12H,2-9H2,1H3/t12-/m0/s1. The minimum Gasteiger partial charge on any atom is -0.469 e. The quantitative estimate of drug-likeness (QED) is 0.555. The molecule has 1 fully saturated rings. The minimum absolute atomic E-state index is 0.148. The lowest BCUT2D eigenvalue weighted by Crippen LogP contribution is -2.37. The molecule has 0 saturated carbocycles. The molecule has 1 saturated heterocycles. The molecule has 0 aliphatic carbocycles. The molecule has 0 aromatic rings. The monoisotopic (exact) mass is 251 g/mol. The van der Waals surface area contributed by atoms with E-state index in [1.54, 1.807) is 6.08 Å². The molecule has 1 amide bonds. The van der Waals surface area contributed by atoms with Crippen molar-refractivity contribution in [3.05, 3.63) is 11.6 Å². The van der Waals surface area contributed by atoms with Crippen LogP contribution in [0, 0.1) is 0 Å². The van der Waals surface area contributed by atoms with Gasteiger partial charge < -0.3 is 9.64 Å². The summed E-state index contributed by atoms with van der Waals surface area (Å²) in [4.78, 5) is 24.8. The van der Waals surface area contributed by atoms with Crippen LogP contribution in [0.1, 0.15) is 44.9 Å². The Morgan fingerprint density at radius 2 is 2.33 bits per heavy atom. The summed E-state index contributed by atoms with van der Waals surface area (Å²) >= 11 is 0. The number of ether oxygens (including phenoxy) is 1. The van der Waals surface area contributed by atoms with E-state index in [1.807, 2.05) is 4.90 Å². The molecule has 2 aliphatic rings. The number of unbranched alkanes of at least 4 members (excludes halogenated alkanes) is 1. The van der Waals surface area contributed by atoms with Gasteiger partial charge in [-0.3, -0.25) is 9.59 Å². The molecule has 2 rings (SSSR count). The predicted molar refractivity (Wildman–Crippen MR) is 67.9 cm³/mol. The van der Waals surface area contributed by atoms with E-state index in [1.165, 1.54) is 12.7 Å². The molecule has 4 heteroatoms. The molecule has 2 aliphatic heterocycles. The lowest BCUT2D eigenvalue weighted by Gasteiger charge is -2.29. The number of methoxy groups -OCH3 is 1. The average molecular weight is 251 g/mol. The number of hydrogen-bond donors (Lipinski definition) is 0. The van der Waals surface area contributed by atoms with E-state index >= 15 is 0 Å². The van der Waals surface area contributed by atoms with Gasteiger partial charge in [-0.25, -0.2) is 0 Å². The molecule has 0 aromatic carbocycles. The van der Waals surface area contributed by atoms with Crippen molar-refractivity contribution in [2.75, 3.05) is 13.7 Å². The minimum atomic E-state index is -0.148. The lowest BCUT2D eigenvalue weighted by molar-refractivity contribution is -0.140. The number of fused-ring (bicyclic) bond motifs is 1. The van der Waals surface area contributed by atoms with E-state index in [0.29, 0.717) is 12.5 Å². The molecule has 100 valence electrons. The summed E-state index contributed by atoms with van der Waals surface area (Å²) in [6.45, 7) is 0.926. The van der Waals surface area contributed by atoms with E-state index in [2.05, 4.69) is 4.74 Å². The highest BCUT2D eigenvalue weighted by Gasteiger charge is 2.31. The van der Waals surface area contributed by atoms with Gasteiger partial charge in [0.05, 0.1) is 7.11 Å². The summed E-state index contributed by atoms with van der Waals surface area (Å²) in [6.07, 6.45) is 8.34. The third kappa shape index (κ3) is 3.12. The first-order valence-corrected chi connectivity index (χ1v) is 6.77. The fourth-order valence-corrected chi connectivity index (χ4v) is 2.85. The molecular formula is C14H21NO3. The molecule has 2 heterocycles. The van der Waals surface area contributed by atoms with Gasteiger partial charge in [-0.15, -0.1) is 0 Å². The highest BCUT2D eigenvalue weighted by Crippen LogP contribution is 2.29. The molecule has 0 N–H and O–H groups in total. The number of carbonyl (C=O) groups excluding carboxylic acids is 2. The zero-order valence-corrected chi connectivity index (χ0v) is 11.0. The van der Waals surface area contributed by atoms with Crippen LogP contribution in [0.15, 0.2) is 11.6 Å².